The predicted molar refractivity (Wildman–Crippen MR) is 62.8 cm³/mol. The highest BCUT2D eigenvalue weighted by molar-refractivity contribution is 9.09. The number of hydrogen-bond acceptors (Lipinski definition) is 2. The molecule has 0 bridgehead atoms. The predicted octanol–water partition coefficient (Wildman–Crippen LogP) is 3.06. The molecular formula is C11H10BrF2N3. The van der Waals surface area contributed by atoms with Gasteiger partial charge in [-0.25, -0.2) is 13.5 Å². The Morgan fingerprint density at radius 1 is 1.41 bits per heavy atom. The van der Waals surface area contributed by atoms with Crippen molar-refractivity contribution in [3.63, 3.8) is 0 Å². The van der Waals surface area contributed by atoms with E-state index in [1.807, 2.05) is 6.92 Å². The number of aromatic nitrogens is 3. The lowest BCUT2D eigenvalue weighted by atomic mass is 10.2. The van der Waals surface area contributed by atoms with Gasteiger partial charge in [0.1, 0.15) is 11.6 Å². The summed E-state index contributed by atoms with van der Waals surface area (Å²) in [5, 5.41) is 7.80. The minimum Gasteiger partial charge on any atom is -0.248 e. The van der Waals surface area contributed by atoms with Crippen LogP contribution in [-0.2, 0) is 6.54 Å². The van der Waals surface area contributed by atoms with Crippen molar-refractivity contribution in [2.75, 3.05) is 0 Å². The number of hydrogen-bond donors (Lipinski definition) is 0. The third-order valence-corrected chi connectivity index (χ3v) is 2.78. The second-order valence-corrected chi connectivity index (χ2v) is 5.07. The lowest BCUT2D eigenvalue weighted by Gasteiger charge is -2.02. The van der Waals surface area contributed by atoms with Crippen LogP contribution >= 0.6 is 15.9 Å². The molecule has 3 nitrogen and oxygen atoms in total. The molecule has 0 saturated carbocycles. The molecule has 0 aliphatic carbocycles. The van der Waals surface area contributed by atoms with Crippen LogP contribution in [0, 0.1) is 11.6 Å². The fourth-order valence-electron chi connectivity index (χ4n) is 1.40. The second-order valence-electron chi connectivity index (χ2n) is 3.69. The normalized spacial score (nSPS) is 12.7. The Bertz CT molecular complexity index is 525. The van der Waals surface area contributed by atoms with E-state index >= 15 is 0 Å². The van der Waals surface area contributed by atoms with Crippen LogP contribution in [0.2, 0.25) is 0 Å². The Morgan fingerprint density at radius 3 is 2.76 bits per heavy atom. The first-order valence-electron chi connectivity index (χ1n) is 5.04. The van der Waals surface area contributed by atoms with Crippen LogP contribution in [0.1, 0.15) is 23.0 Å². The number of nitrogens with zero attached hydrogens (tertiary/aromatic N) is 3. The number of halogens is 3. The zero-order valence-corrected chi connectivity index (χ0v) is 10.7. The van der Waals surface area contributed by atoms with Crippen molar-refractivity contribution in [3.05, 3.63) is 47.3 Å². The summed E-state index contributed by atoms with van der Waals surface area (Å²) in [5.74, 6) is -1.16. The average Bonchev–Trinajstić information content (AvgIpc) is 2.71. The molecule has 1 heterocycles. The number of rotatable bonds is 3. The summed E-state index contributed by atoms with van der Waals surface area (Å²) in [6, 6.07) is 3.49. The summed E-state index contributed by atoms with van der Waals surface area (Å²) >= 11 is 3.37. The molecule has 2 rings (SSSR count). The molecule has 0 aliphatic heterocycles. The number of alkyl halides is 1. The molecule has 6 heteroatoms. The van der Waals surface area contributed by atoms with Gasteiger partial charge >= 0.3 is 0 Å². The molecule has 1 atom stereocenters. The first-order chi connectivity index (χ1) is 8.06. The van der Waals surface area contributed by atoms with E-state index in [0.29, 0.717) is 5.56 Å². The molecule has 90 valence electrons. The highest BCUT2D eigenvalue weighted by Crippen LogP contribution is 2.18. The first kappa shape index (κ1) is 12.2. The molecule has 1 unspecified atom stereocenters. The summed E-state index contributed by atoms with van der Waals surface area (Å²) in [6.07, 6.45) is 1.72. The maximum Gasteiger partial charge on any atom is 0.131 e. The van der Waals surface area contributed by atoms with Crippen molar-refractivity contribution in [1.29, 1.82) is 0 Å². The van der Waals surface area contributed by atoms with E-state index in [4.69, 9.17) is 0 Å². The van der Waals surface area contributed by atoms with Gasteiger partial charge in [0.15, 0.2) is 0 Å². The zero-order valence-electron chi connectivity index (χ0n) is 9.07. The van der Waals surface area contributed by atoms with Crippen LogP contribution in [0.15, 0.2) is 24.4 Å². The molecule has 17 heavy (non-hydrogen) atoms. The van der Waals surface area contributed by atoms with Crippen molar-refractivity contribution in [2.45, 2.75) is 18.3 Å². The highest BCUT2D eigenvalue weighted by atomic mass is 79.9. The Morgan fingerprint density at radius 2 is 2.18 bits per heavy atom. The number of benzene rings is 1. The van der Waals surface area contributed by atoms with Gasteiger partial charge in [0.2, 0.25) is 0 Å². The zero-order chi connectivity index (χ0) is 12.4. The fraction of sp³-hybridized carbons (Fsp3) is 0.273. The van der Waals surface area contributed by atoms with Gasteiger partial charge in [-0.3, -0.25) is 0 Å². The summed E-state index contributed by atoms with van der Waals surface area (Å²) in [5.41, 5.74) is 1.15. The topological polar surface area (TPSA) is 30.7 Å². The van der Waals surface area contributed by atoms with Crippen molar-refractivity contribution in [1.82, 2.24) is 15.0 Å². The van der Waals surface area contributed by atoms with Crippen molar-refractivity contribution in [2.24, 2.45) is 0 Å². The third-order valence-electron chi connectivity index (χ3n) is 2.31. The Hall–Kier alpha value is -1.30. The highest BCUT2D eigenvalue weighted by Gasteiger charge is 2.09. The van der Waals surface area contributed by atoms with Crippen LogP contribution in [0.4, 0.5) is 8.78 Å². The largest absolute Gasteiger partial charge is 0.248 e. The summed E-state index contributed by atoms with van der Waals surface area (Å²) < 4.78 is 27.6. The van der Waals surface area contributed by atoms with Gasteiger partial charge in [-0.1, -0.05) is 27.2 Å². The van der Waals surface area contributed by atoms with Crippen LogP contribution in [0.5, 0.6) is 0 Å². The average molecular weight is 302 g/mol. The Kier molecular flexibility index (Phi) is 3.51. The van der Waals surface area contributed by atoms with E-state index in [0.717, 1.165) is 11.8 Å². The van der Waals surface area contributed by atoms with Gasteiger partial charge in [0, 0.05) is 17.8 Å². The smallest absolute Gasteiger partial charge is 0.131 e. The van der Waals surface area contributed by atoms with Crippen LogP contribution in [0.3, 0.4) is 0 Å². The quantitative estimate of drug-likeness (QED) is 0.816. The minimum atomic E-state index is -0.584. The fourth-order valence-corrected chi connectivity index (χ4v) is 1.61. The summed E-state index contributed by atoms with van der Waals surface area (Å²) in [4.78, 5) is 0.0920. The molecule has 0 amide bonds. The standard InChI is InChI=1S/C11H10BrF2N3/c1-7(12)11-6-17(16-15-11)5-8-2-3-9(13)4-10(8)14/h2-4,6-7H,5H2,1H3. The van der Waals surface area contributed by atoms with Crippen molar-refractivity contribution in [3.8, 4) is 0 Å². The van der Waals surface area contributed by atoms with Crippen molar-refractivity contribution < 1.29 is 8.78 Å². The molecule has 0 radical (unpaired) electrons. The van der Waals surface area contributed by atoms with E-state index in [-0.39, 0.29) is 11.4 Å². The SMILES string of the molecule is CC(Br)c1cn(Cc2ccc(F)cc2F)nn1. The lowest BCUT2D eigenvalue weighted by Crippen LogP contribution is -2.03. The monoisotopic (exact) mass is 301 g/mol. The molecule has 0 spiro atoms. The van der Waals surface area contributed by atoms with Gasteiger partial charge in [0.05, 0.1) is 17.1 Å². The summed E-state index contributed by atoms with van der Waals surface area (Å²) in [7, 11) is 0. The maximum atomic E-state index is 13.4. The third kappa shape index (κ3) is 2.88. The van der Waals surface area contributed by atoms with Crippen molar-refractivity contribution >= 4 is 15.9 Å². The van der Waals surface area contributed by atoms with E-state index in [2.05, 4.69) is 26.2 Å². The van der Waals surface area contributed by atoms with Crippen LogP contribution in [-0.4, -0.2) is 15.0 Å². The van der Waals surface area contributed by atoms with E-state index in [1.54, 1.807) is 6.20 Å². The molecule has 0 N–H and O–H groups in total. The molecule has 0 aliphatic rings. The molecule has 0 saturated heterocycles. The van der Waals surface area contributed by atoms with Crippen LogP contribution < -0.4 is 0 Å². The van der Waals surface area contributed by atoms with Crippen LogP contribution in [0.25, 0.3) is 0 Å². The molecule has 1 aromatic carbocycles. The Labute approximate surface area is 106 Å². The molecular weight excluding hydrogens is 292 g/mol. The van der Waals surface area contributed by atoms with Gasteiger partial charge in [-0.05, 0) is 13.0 Å². The lowest BCUT2D eigenvalue weighted by molar-refractivity contribution is 0.554. The van der Waals surface area contributed by atoms with Gasteiger partial charge in [0.25, 0.3) is 0 Å². The molecule has 2 aromatic rings. The van der Waals surface area contributed by atoms with E-state index < -0.39 is 11.6 Å². The van der Waals surface area contributed by atoms with Gasteiger partial charge in [-0.2, -0.15) is 0 Å². The Balaban J connectivity index is 2.19. The van der Waals surface area contributed by atoms with E-state index in [9.17, 15) is 8.78 Å². The molecule has 0 fully saturated rings. The van der Waals surface area contributed by atoms with E-state index in [1.165, 1.54) is 16.8 Å². The van der Waals surface area contributed by atoms with Gasteiger partial charge in [-0.15, -0.1) is 5.10 Å². The first-order valence-corrected chi connectivity index (χ1v) is 5.96. The maximum absolute atomic E-state index is 13.4. The van der Waals surface area contributed by atoms with Gasteiger partial charge < -0.3 is 0 Å². The minimum absolute atomic E-state index is 0.0920. The second kappa shape index (κ2) is 4.91. The summed E-state index contributed by atoms with van der Waals surface area (Å²) in [6.45, 7) is 2.16. The molecule has 1 aromatic heterocycles.